The third-order valence-corrected chi connectivity index (χ3v) is 6.39. The molecule has 1 fully saturated rings. The molecule has 0 bridgehead atoms. The average molecular weight is 461 g/mol. The lowest BCUT2D eigenvalue weighted by atomic mass is 9.77. The Labute approximate surface area is 190 Å². The zero-order chi connectivity index (χ0) is 23.4. The SMILES string of the molecule is O=C(NCCNc1ccc(C(F)(F)F)cn1)[C@@H]1CCCC[C@@H]1C(=O)N1CCc2ccccc21. The number of hydrogen-bond acceptors (Lipinski definition) is 4. The maximum atomic E-state index is 13.3. The molecule has 1 aromatic carbocycles. The third-order valence-electron chi connectivity index (χ3n) is 6.39. The van der Waals surface area contributed by atoms with Crippen LogP contribution in [0.3, 0.4) is 0 Å². The first-order valence-electron chi connectivity index (χ1n) is 11.3. The number of fused-ring (bicyclic) bond motifs is 1. The molecule has 2 aromatic rings. The van der Waals surface area contributed by atoms with E-state index in [-0.39, 0.29) is 30.2 Å². The highest BCUT2D eigenvalue weighted by Crippen LogP contribution is 2.36. The minimum Gasteiger partial charge on any atom is -0.368 e. The van der Waals surface area contributed by atoms with E-state index >= 15 is 0 Å². The topological polar surface area (TPSA) is 74.3 Å². The standard InChI is InChI=1S/C24H27F3N4O2/c25-24(26,27)17-9-10-21(30-15-17)28-12-13-29-22(32)18-6-2-3-7-19(18)23(33)31-14-11-16-5-1-4-8-20(16)31/h1,4-5,8-10,15,18-19H,2-3,6-7,11-14H2,(H,28,30)(H,29,32)/t18-,19+/m1/s1. The number of alkyl halides is 3. The zero-order valence-electron chi connectivity index (χ0n) is 18.2. The van der Waals surface area contributed by atoms with E-state index in [0.29, 0.717) is 31.7 Å². The number of carbonyl (C=O) groups is 2. The fourth-order valence-corrected chi connectivity index (χ4v) is 4.68. The molecule has 2 heterocycles. The Kier molecular flexibility index (Phi) is 6.85. The van der Waals surface area contributed by atoms with Crippen LogP contribution in [0.1, 0.15) is 36.8 Å². The van der Waals surface area contributed by atoms with Crippen molar-refractivity contribution in [3.63, 3.8) is 0 Å². The molecule has 0 unspecified atom stereocenters. The van der Waals surface area contributed by atoms with Crippen molar-refractivity contribution in [3.05, 3.63) is 53.7 Å². The number of nitrogens with zero attached hydrogens (tertiary/aromatic N) is 2. The van der Waals surface area contributed by atoms with Gasteiger partial charge in [0.15, 0.2) is 0 Å². The highest BCUT2D eigenvalue weighted by Gasteiger charge is 2.39. The van der Waals surface area contributed by atoms with Crippen molar-refractivity contribution in [2.45, 2.75) is 38.3 Å². The maximum Gasteiger partial charge on any atom is 0.417 e. The van der Waals surface area contributed by atoms with Gasteiger partial charge in [0.1, 0.15) is 5.82 Å². The number of rotatable bonds is 6. The van der Waals surface area contributed by atoms with Gasteiger partial charge in [-0.05, 0) is 43.0 Å². The predicted octanol–water partition coefficient (Wildman–Crippen LogP) is 4.02. The molecule has 0 spiro atoms. The first kappa shape index (κ1) is 23.1. The van der Waals surface area contributed by atoms with Gasteiger partial charge in [0.05, 0.1) is 11.5 Å². The van der Waals surface area contributed by atoms with E-state index < -0.39 is 11.7 Å². The third kappa shape index (κ3) is 5.29. The second-order valence-corrected chi connectivity index (χ2v) is 8.51. The van der Waals surface area contributed by atoms with E-state index in [0.717, 1.165) is 42.8 Å². The van der Waals surface area contributed by atoms with Gasteiger partial charge < -0.3 is 15.5 Å². The van der Waals surface area contributed by atoms with Gasteiger partial charge in [0.25, 0.3) is 0 Å². The van der Waals surface area contributed by atoms with E-state index in [4.69, 9.17) is 0 Å². The van der Waals surface area contributed by atoms with E-state index in [1.54, 1.807) is 0 Å². The number of nitrogens with one attached hydrogen (secondary N) is 2. The van der Waals surface area contributed by atoms with Gasteiger partial charge in [0, 0.05) is 37.4 Å². The summed E-state index contributed by atoms with van der Waals surface area (Å²) in [5.74, 6) is -0.539. The Morgan fingerprint density at radius 3 is 2.52 bits per heavy atom. The van der Waals surface area contributed by atoms with Crippen molar-refractivity contribution in [1.82, 2.24) is 10.3 Å². The summed E-state index contributed by atoms with van der Waals surface area (Å²) in [6.45, 7) is 1.24. The van der Waals surface area contributed by atoms with Crippen LogP contribution in [0.5, 0.6) is 0 Å². The molecule has 4 rings (SSSR count). The molecule has 2 aliphatic rings. The van der Waals surface area contributed by atoms with Crippen molar-refractivity contribution in [2.24, 2.45) is 11.8 Å². The summed E-state index contributed by atoms with van der Waals surface area (Å²) in [7, 11) is 0. The second kappa shape index (κ2) is 9.80. The van der Waals surface area contributed by atoms with Crippen molar-refractivity contribution >= 4 is 23.3 Å². The largest absolute Gasteiger partial charge is 0.417 e. The molecular weight excluding hydrogens is 433 g/mol. The van der Waals surface area contributed by atoms with Gasteiger partial charge >= 0.3 is 6.18 Å². The smallest absolute Gasteiger partial charge is 0.368 e. The lowest BCUT2D eigenvalue weighted by Crippen LogP contribution is -2.45. The van der Waals surface area contributed by atoms with Gasteiger partial charge in [-0.15, -0.1) is 0 Å². The first-order chi connectivity index (χ1) is 15.8. The van der Waals surface area contributed by atoms with Gasteiger partial charge in [-0.2, -0.15) is 13.2 Å². The lowest BCUT2D eigenvalue weighted by Gasteiger charge is -2.32. The highest BCUT2D eigenvalue weighted by molar-refractivity contribution is 5.99. The number of benzene rings is 1. The van der Waals surface area contributed by atoms with Crippen molar-refractivity contribution < 1.29 is 22.8 Å². The molecule has 2 N–H and O–H groups in total. The number of aromatic nitrogens is 1. The van der Waals surface area contributed by atoms with E-state index in [1.165, 1.54) is 6.07 Å². The van der Waals surface area contributed by atoms with Gasteiger partial charge in [-0.1, -0.05) is 31.0 Å². The first-order valence-corrected chi connectivity index (χ1v) is 11.3. The molecule has 0 saturated heterocycles. The Balaban J connectivity index is 1.30. The number of anilines is 2. The van der Waals surface area contributed by atoms with Crippen LogP contribution in [-0.2, 0) is 22.2 Å². The van der Waals surface area contributed by atoms with Crippen LogP contribution in [0.4, 0.5) is 24.7 Å². The summed E-state index contributed by atoms with van der Waals surface area (Å²) >= 11 is 0. The number of amides is 2. The Hall–Kier alpha value is -3.10. The average Bonchev–Trinajstić information content (AvgIpc) is 3.25. The van der Waals surface area contributed by atoms with Crippen molar-refractivity contribution in [1.29, 1.82) is 0 Å². The molecule has 6 nitrogen and oxygen atoms in total. The summed E-state index contributed by atoms with van der Waals surface area (Å²) in [4.78, 5) is 31.8. The number of pyridine rings is 1. The maximum absolute atomic E-state index is 13.3. The molecule has 0 radical (unpaired) electrons. The lowest BCUT2D eigenvalue weighted by molar-refractivity contribution is -0.137. The molecule has 1 aliphatic carbocycles. The van der Waals surface area contributed by atoms with Crippen molar-refractivity contribution in [3.8, 4) is 0 Å². The summed E-state index contributed by atoms with van der Waals surface area (Å²) in [6.07, 6.45) is 0.382. The monoisotopic (exact) mass is 460 g/mol. The molecule has 9 heteroatoms. The van der Waals surface area contributed by atoms with Crippen LogP contribution in [-0.4, -0.2) is 36.4 Å². The molecule has 2 atom stereocenters. The van der Waals surface area contributed by atoms with Gasteiger partial charge in [0.2, 0.25) is 11.8 Å². The second-order valence-electron chi connectivity index (χ2n) is 8.51. The molecule has 33 heavy (non-hydrogen) atoms. The van der Waals surface area contributed by atoms with Gasteiger partial charge in [-0.3, -0.25) is 9.59 Å². The molecule has 176 valence electrons. The number of para-hydroxylation sites is 1. The molecule has 1 saturated carbocycles. The normalized spacial score (nSPS) is 20.3. The van der Waals surface area contributed by atoms with Crippen LogP contribution in [0.15, 0.2) is 42.6 Å². The molecule has 2 amide bonds. The van der Waals surface area contributed by atoms with Crippen LogP contribution in [0, 0.1) is 11.8 Å². The van der Waals surface area contributed by atoms with E-state index in [1.807, 2.05) is 29.2 Å². The fourth-order valence-electron chi connectivity index (χ4n) is 4.68. The number of hydrogen-bond donors (Lipinski definition) is 2. The van der Waals surface area contributed by atoms with Crippen molar-refractivity contribution in [2.75, 3.05) is 29.9 Å². The minimum absolute atomic E-state index is 0.0203. The summed E-state index contributed by atoms with van der Waals surface area (Å²) in [5.41, 5.74) is 1.29. The van der Waals surface area contributed by atoms with E-state index in [2.05, 4.69) is 15.6 Å². The number of halogens is 3. The quantitative estimate of drug-likeness (QED) is 0.639. The van der Waals surface area contributed by atoms with Crippen LogP contribution in [0.2, 0.25) is 0 Å². The highest BCUT2D eigenvalue weighted by atomic mass is 19.4. The molecule has 1 aliphatic heterocycles. The predicted molar refractivity (Wildman–Crippen MR) is 119 cm³/mol. The van der Waals surface area contributed by atoms with Crippen LogP contribution < -0.4 is 15.5 Å². The van der Waals surface area contributed by atoms with Crippen LogP contribution in [0.25, 0.3) is 0 Å². The number of carbonyl (C=O) groups excluding carboxylic acids is 2. The van der Waals surface area contributed by atoms with Crippen LogP contribution >= 0.6 is 0 Å². The molecular formula is C24H27F3N4O2. The summed E-state index contributed by atoms with van der Waals surface area (Å²) in [6, 6.07) is 10.1. The Morgan fingerprint density at radius 2 is 1.79 bits per heavy atom. The fraction of sp³-hybridized carbons (Fsp3) is 0.458. The Morgan fingerprint density at radius 1 is 1.03 bits per heavy atom. The van der Waals surface area contributed by atoms with E-state index in [9.17, 15) is 22.8 Å². The van der Waals surface area contributed by atoms with Gasteiger partial charge in [-0.25, -0.2) is 4.98 Å². The zero-order valence-corrected chi connectivity index (χ0v) is 18.2. The Bertz CT molecular complexity index is 994. The molecule has 1 aromatic heterocycles. The minimum atomic E-state index is -4.43. The summed E-state index contributed by atoms with van der Waals surface area (Å²) in [5, 5.41) is 5.78. The summed E-state index contributed by atoms with van der Waals surface area (Å²) < 4.78 is 37.9.